The van der Waals surface area contributed by atoms with E-state index in [0.717, 1.165) is 0 Å². The predicted molar refractivity (Wildman–Crippen MR) is 94.9 cm³/mol. The van der Waals surface area contributed by atoms with Gasteiger partial charge in [0, 0.05) is 17.8 Å². The van der Waals surface area contributed by atoms with E-state index >= 15 is 0 Å². The molecule has 24 heavy (non-hydrogen) atoms. The van der Waals surface area contributed by atoms with Crippen LogP contribution in [-0.2, 0) is 4.79 Å². The zero-order valence-electron chi connectivity index (χ0n) is 15.5. The lowest BCUT2D eigenvalue weighted by Crippen LogP contribution is -2.17. The molecule has 1 amide bonds. The van der Waals surface area contributed by atoms with Gasteiger partial charge in [-0.2, -0.15) is 0 Å². The molecule has 1 N–H and O–H groups in total. The molecule has 2 unspecified atom stereocenters. The Morgan fingerprint density at radius 1 is 1.08 bits per heavy atom. The summed E-state index contributed by atoms with van der Waals surface area (Å²) in [6.07, 6.45) is 2.18. The van der Waals surface area contributed by atoms with Gasteiger partial charge < -0.3 is 19.5 Å². The lowest BCUT2D eigenvalue weighted by Gasteiger charge is -2.14. The number of hydrogen-bond donors (Lipinski definition) is 1. The zero-order valence-corrected chi connectivity index (χ0v) is 15.5. The van der Waals surface area contributed by atoms with Crippen LogP contribution in [0, 0.1) is 17.3 Å². The van der Waals surface area contributed by atoms with Gasteiger partial charge in [-0.15, -0.1) is 0 Å². The number of carbonyl (C=O) groups is 1. The van der Waals surface area contributed by atoms with Crippen LogP contribution in [0.15, 0.2) is 23.8 Å². The SMILES string of the molecule is COc1cc(NC(=O)C2C(C=C(C)C)C2(C)C)cc(OC)c1OC. The minimum atomic E-state index is -0.0357. The van der Waals surface area contributed by atoms with E-state index in [1.165, 1.54) is 5.57 Å². The fourth-order valence-electron chi connectivity index (χ4n) is 3.22. The smallest absolute Gasteiger partial charge is 0.228 e. The fraction of sp³-hybridized carbons (Fsp3) is 0.526. The van der Waals surface area contributed by atoms with Crippen LogP contribution < -0.4 is 19.5 Å². The molecule has 5 nitrogen and oxygen atoms in total. The Balaban J connectivity index is 2.23. The van der Waals surface area contributed by atoms with Crippen LogP contribution in [-0.4, -0.2) is 27.2 Å². The largest absolute Gasteiger partial charge is 0.493 e. The molecule has 1 saturated carbocycles. The van der Waals surface area contributed by atoms with E-state index in [2.05, 4.69) is 39.1 Å². The van der Waals surface area contributed by atoms with Crippen molar-refractivity contribution < 1.29 is 19.0 Å². The second-order valence-electron chi connectivity index (χ2n) is 6.97. The molecule has 132 valence electrons. The van der Waals surface area contributed by atoms with Crippen LogP contribution >= 0.6 is 0 Å². The number of methoxy groups -OCH3 is 3. The summed E-state index contributed by atoms with van der Waals surface area (Å²) >= 11 is 0. The number of benzene rings is 1. The summed E-state index contributed by atoms with van der Waals surface area (Å²) in [6.45, 7) is 8.36. The monoisotopic (exact) mass is 333 g/mol. The molecular formula is C19H27NO4. The first kappa shape index (κ1) is 18.2. The summed E-state index contributed by atoms with van der Waals surface area (Å²) in [5.74, 6) is 1.78. The summed E-state index contributed by atoms with van der Waals surface area (Å²) in [5.41, 5.74) is 1.84. The van der Waals surface area contributed by atoms with Gasteiger partial charge in [-0.3, -0.25) is 4.79 Å². The molecule has 0 heterocycles. The molecule has 0 spiro atoms. The van der Waals surface area contributed by atoms with Crippen LogP contribution in [0.5, 0.6) is 17.2 Å². The third kappa shape index (κ3) is 3.35. The molecule has 0 radical (unpaired) electrons. The van der Waals surface area contributed by atoms with Gasteiger partial charge in [-0.05, 0) is 25.2 Å². The van der Waals surface area contributed by atoms with Crippen LogP contribution in [0.3, 0.4) is 0 Å². The Kier molecular flexibility index (Phi) is 5.11. The van der Waals surface area contributed by atoms with Gasteiger partial charge in [0.2, 0.25) is 11.7 Å². The number of carbonyl (C=O) groups excluding carboxylic acids is 1. The molecular weight excluding hydrogens is 306 g/mol. The third-order valence-electron chi connectivity index (χ3n) is 4.64. The molecule has 1 aromatic carbocycles. The summed E-state index contributed by atoms with van der Waals surface area (Å²) < 4.78 is 16.0. The van der Waals surface area contributed by atoms with E-state index in [1.807, 2.05) is 0 Å². The highest BCUT2D eigenvalue weighted by Gasteiger charge is 2.60. The number of anilines is 1. The topological polar surface area (TPSA) is 56.8 Å². The van der Waals surface area contributed by atoms with Crippen LogP contribution in [0.4, 0.5) is 5.69 Å². The van der Waals surface area contributed by atoms with Gasteiger partial charge in [0.1, 0.15) is 0 Å². The van der Waals surface area contributed by atoms with Crippen molar-refractivity contribution in [3.8, 4) is 17.2 Å². The summed E-state index contributed by atoms with van der Waals surface area (Å²) in [5, 5.41) is 2.98. The van der Waals surface area contributed by atoms with Crippen molar-refractivity contribution in [2.45, 2.75) is 27.7 Å². The van der Waals surface area contributed by atoms with Crippen molar-refractivity contribution in [1.29, 1.82) is 0 Å². The summed E-state index contributed by atoms with van der Waals surface area (Å²) in [4.78, 5) is 12.7. The van der Waals surface area contributed by atoms with Gasteiger partial charge in [-0.25, -0.2) is 0 Å². The molecule has 0 bridgehead atoms. The predicted octanol–water partition coefficient (Wildman–Crippen LogP) is 3.89. The van der Waals surface area contributed by atoms with E-state index < -0.39 is 0 Å². The minimum Gasteiger partial charge on any atom is -0.493 e. The number of rotatable bonds is 6. The molecule has 1 aromatic rings. The number of hydrogen-bond acceptors (Lipinski definition) is 4. The van der Waals surface area contributed by atoms with Crippen molar-refractivity contribution in [1.82, 2.24) is 0 Å². The Morgan fingerprint density at radius 3 is 2.04 bits per heavy atom. The van der Waals surface area contributed by atoms with Crippen molar-refractivity contribution in [3.05, 3.63) is 23.8 Å². The highest BCUT2D eigenvalue weighted by atomic mass is 16.5. The zero-order chi connectivity index (χ0) is 18.1. The maximum absolute atomic E-state index is 12.7. The first-order chi connectivity index (χ1) is 11.3. The van der Waals surface area contributed by atoms with Gasteiger partial charge in [0.15, 0.2) is 11.5 Å². The second-order valence-corrected chi connectivity index (χ2v) is 6.97. The van der Waals surface area contributed by atoms with E-state index in [1.54, 1.807) is 33.5 Å². The quantitative estimate of drug-likeness (QED) is 0.803. The first-order valence-electron chi connectivity index (χ1n) is 8.02. The molecule has 0 aromatic heterocycles. The van der Waals surface area contributed by atoms with Crippen molar-refractivity contribution >= 4 is 11.6 Å². The van der Waals surface area contributed by atoms with Gasteiger partial charge in [0.05, 0.1) is 27.2 Å². The Labute approximate surface area is 144 Å². The van der Waals surface area contributed by atoms with Gasteiger partial charge in [-0.1, -0.05) is 25.5 Å². The van der Waals surface area contributed by atoms with Crippen molar-refractivity contribution in [2.24, 2.45) is 17.3 Å². The van der Waals surface area contributed by atoms with Crippen molar-refractivity contribution in [3.63, 3.8) is 0 Å². The molecule has 1 aliphatic rings. The second kappa shape index (κ2) is 6.75. The number of ether oxygens (including phenoxy) is 3. The molecule has 0 saturated heterocycles. The molecule has 1 fully saturated rings. The number of nitrogens with one attached hydrogen (secondary N) is 1. The maximum Gasteiger partial charge on any atom is 0.228 e. The Morgan fingerprint density at radius 2 is 1.62 bits per heavy atom. The lowest BCUT2D eigenvalue weighted by molar-refractivity contribution is -0.118. The fourth-order valence-corrected chi connectivity index (χ4v) is 3.22. The average molecular weight is 333 g/mol. The normalized spacial score (nSPS) is 20.8. The number of allylic oxidation sites excluding steroid dienone is 2. The van der Waals surface area contributed by atoms with E-state index in [0.29, 0.717) is 22.9 Å². The summed E-state index contributed by atoms with van der Waals surface area (Å²) in [6, 6.07) is 3.48. The molecule has 5 heteroatoms. The van der Waals surface area contributed by atoms with E-state index in [4.69, 9.17) is 14.2 Å². The van der Waals surface area contributed by atoms with E-state index in [9.17, 15) is 4.79 Å². The highest BCUT2D eigenvalue weighted by Crippen LogP contribution is 2.59. The Bertz CT molecular complexity index is 634. The minimum absolute atomic E-state index is 0.0109. The standard InChI is InChI=1S/C19H27NO4/c1-11(2)8-13-16(19(13,3)4)18(21)20-12-9-14(22-5)17(24-7)15(10-12)23-6/h8-10,13,16H,1-7H3,(H,20,21). The third-order valence-corrected chi connectivity index (χ3v) is 4.64. The highest BCUT2D eigenvalue weighted by molar-refractivity contribution is 5.96. The van der Waals surface area contributed by atoms with Crippen LogP contribution in [0.1, 0.15) is 27.7 Å². The Hall–Kier alpha value is -2.17. The van der Waals surface area contributed by atoms with E-state index in [-0.39, 0.29) is 23.2 Å². The lowest BCUT2D eigenvalue weighted by atomic mass is 10.1. The van der Waals surface area contributed by atoms with Crippen molar-refractivity contribution in [2.75, 3.05) is 26.6 Å². The number of amides is 1. The molecule has 0 aliphatic heterocycles. The molecule has 2 atom stereocenters. The van der Waals surface area contributed by atoms with Gasteiger partial charge >= 0.3 is 0 Å². The average Bonchev–Trinajstić information content (AvgIpc) is 3.05. The summed E-state index contributed by atoms with van der Waals surface area (Å²) in [7, 11) is 4.66. The van der Waals surface area contributed by atoms with Crippen LogP contribution in [0.2, 0.25) is 0 Å². The first-order valence-corrected chi connectivity index (χ1v) is 8.02. The van der Waals surface area contributed by atoms with Gasteiger partial charge in [0.25, 0.3) is 0 Å². The molecule has 2 rings (SSSR count). The maximum atomic E-state index is 12.7. The molecule has 1 aliphatic carbocycles. The van der Waals surface area contributed by atoms with Crippen LogP contribution in [0.25, 0.3) is 0 Å².